The summed E-state index contributed by atoms with van der Waals surface area (Å²) in [4.78, 5) is 13.9. The summed E-state index contributed by atoms with van der Waals surface area (Å²) in [7, 11) is 0. The molecule has 0 spiro atoms. The van der Waals surface area contributed by atoms with Crippen molar-refractivity contribution in [3.8, 4) is 0 Å². The molecule has 6 nitrogen and oxygen atoms in total. The molecule has 1 aliphatic rings. The van der Waals surface area contributed by atoms with Crippen molar-refractivity contribution < 1.29 is 10.0 Å². The molecular weight excluding hydrogens is 256 g/mol. The Hall–Kier alpha value is -2.24. The predicted molar refractivity (Wildman–Crippen MR) is 79.2 cm³/mol. The molecular formula is C14H20N4O2. The standard InChI is InChI=1S/C14H20N4O2/c15-13(17-20)10-14(19)16-11-4-6-12(7-5-11)18-8-2-1-3-9-18/h4-7,20H,1-3,8-10H2,(H2,15,17)(H,16,19). The number of amidine groups is 1. The van der Waals surface area contributed by atoms with Crippen molar-refractivity contribution in [2.75, 3.05) is 23.3 Å². The van der Waals surface area contributed by atoms with Crippen LogP contribution < -0.4 is 16.0 Å². The zero-order valence-electron chi connectivity index (χ0n) is 11.4. The molecule has 1 saturated heterocycles. The first-order valence-corrected chi connectivity index (χ1v) is 6.80. The first kappa shape index (κ1) is 14.2. The smallest absolute Gasteiger partial charge is 0.232 e. The molecule has 0 aliphatic carbocycles. The van der Waals surface area contributed by atoms with Gasteiger partial charge in [0.15, 0.2) is 0 Å². The third-order valence-electron chi connectivity index (χ3n) is 3.34. The van der Waals surface area contributed by atoms with Crippen molar-refractivity contribution in [2.24, 2.45) is 10.9 Å². The van der Waals surface area contributed by atoms with Gasteiger partial charge in [0.1, 0.15) is 5.84 Å². The van der Waals surface area contributed by atoms with E-state index in [9.17, 15) is 4.79 Å². The molecule has 0 unspecified atom stereocenters. The molecule has 4 N–H and O–H groups in total. The van der Waals surface area contributed by atoms with Gasteiger partial charge in [0.25, 0.3) is 0 Å². The molecule has 1 aliphatic heterocycles. The number of carbonyl (C=O) groups is 1. The number of carbonyl (C=O) groups excluding carboxylic acids is 1. The Labute approximate surface area is 118 Å². The molecule has 1 amide bonds. The van der Waals surface area contributed by atoms with Crippen LogP contribution in [0, 0.1) is 0 Å². The van der Waals surface area contributed by atoms with Crippen LogP contribution in [-0.4, -0.2) is 30.0 Å². The zero-order chi connectivity index (χ0) is 14.4. The number of nitrogens with one attached hydrogen (secondary N) is 1. The Morgan fingerprint density at radius 2 is 1.90 bits per heavy atom. The third-order valence-corrected chi connectivity index (χ3v) is 3.34. The lowest BCUT2D eigenvalue weighted by molar-refractivity contribution is -0.115. The van der Waals surface area contributed by atoms with E-state index >= 15 is 0 Å². The van der Waals surface area contributed by atoms with Crippen LogP contribution in [0.15, 0.2) is 29.4 Å². The lowest BCUT2D eigenvalue weighted by Gasteiger charge is -2.28. The number of anilines is 2. The monoisotopic (exact) mass is 276 g/mol. The predicted octanol–water partition coefficient (Wildman–Crippen LogP) is 1.75. The topological polar surface area (TPSA) is 91.0 Å². The molecule has 0 atom stereocenters. The summed E-state index contributed by atoms with van der Waals surface area (Å²) in [5.74, 6) is -0.404. The minimum Gasteiger partial charge on any atom is -0.409 e. The van der Waals surface area contributed by atoms with Crippen LogP contribution in [0.4, 0.5) is 11.4 Å². The summed E-state index contributed by atoms with van der Waals surface area (Å²) in [6.07, 6.45) is 3.65. The average Bonchev–Trinajstić information content (AvgIpc) is 2.48. The van der Waals surface area contributed by atoms with Crippen molar-refractivity contribution in [3.05, 3.63) is 24.3 Å². The summed E-state index contributed by atoms with van der Waals surface area (Å²) in [5, 5.41) is 13.9. The highest BCUT2D eigenvalue weighted by atomic mass is 16.4. The average molecular weight is 276 g/mol. The van der Waals surface area contributed by atoms with E-state index in [1.807, 2.05) is 24.3 Å². The van der Waals surface area contributed by atoms with Crippen molar-refractivity contribution in [1.29, 1.82) is 0 Å². The Morgan fingerprint density at radius 1 is 1.25 bits per heavy atom. The first-order chi connectivity index (χ1) is 9.69. The summed E-state index contributed by atoms with van der Waals surface area (Å²) in [6, 6.07) is 7.75. The number of nitrogens with two attached hydrogens (primary N) is 1. The van der Waals surface area contributed by atoms with Gasteiger partial charge < -0.3 is 21.2 Å². The fraction of sp³-hybridized carbons (Fsp3) is 0.429. The lowest BCUT2D eigenvalue weighted by Crippen LogP contribution is -2.29. The maximum atomic E-state index is 11.6. The summed E-state index contributed by atoms with van der Waals surface area (Å²) >= 11 is 0. The molecule has 1 aromatic carbocycles. The molecule has 0 aromatic heterocycles. The summed E-state index contributed by atoms with van der Waals surface area (Å²) < 4.78 is 0. The van der Waals surface area contributed by atoms with Crippen LogP contribution in [0.2, 0.25) is 0 Å². The highest BCUT2D eigenvalue weighted by Crippen LogP contribution is 2.21. The number of hydrogen-bond acceptors (Lipinski definition) is 4. The molecule has 0 saturated carbocycles. The minimum absolute atomic E-state index is 0.104. The Morgan fingerprint density at radius 3 is 2.50 bits per heavy atom. The van der Waals surface area contributed by atoms with Gasteiger partial charge in [0.05, 0.1) is 6.42 Å². The lowest BCUT2D eigenvalue weighted by atomic mass is 10.1. The van der Waals surface area contributed by atoms with Crippen LogP contribution in [-0.2, 0) is 4.79 Å². The number of piperidine rings is 1. The van der Waals surface area contributed by atoms with E-state index in [1.54, 1.807) is 0 Å². The highest BCUT2D eigenvalue weighted by Gasteiger charge is 2.11. The number of amides is 1. The Bertz CT molecular complexity index is 478. The van der Waals surface area contributed by atoms with Gasteiger partial charge in [0.2, 0.25) is 5.91 Å². The van der Waals surface area contributed by atoms with Crippen LogP contribution in [0.25, 0.3) is 0 Å². The fourth-order valence-corrected chi connectivity index (χ4v) is 2.31. The van der Waals surface area contributed by atoms with Crippen LogP contribution >= 0.6 is 0 Å². The molecule has 0 bridgehead atoms. The number of benzene rings is 1. The van der Waals surface area contributed by atoms with Crippen molar-refractivity contribution >= 4 is 23.1 Å². The maximum absolute atomic E-state index is 11.6. The SMILES string of the molecule is NC(CC(=O)Nc1ccc(N2CCCCC2)cc1)=NO. The Kier molecular flexibility index (Phi) is 4.81. The second-order valence-electron chi connectivity index (χ2n) is 4.91. The Balaban J connectivity index is 1.92. The fourth-order valence-electron chi connectivity index (χ4n) is 2.31. The van der Waals surface area contributed by atoms with Gasteiger partial charge in [-0.25, -0.2) is 0 Å². The number of rotatable bonds is 4. The van der Waals surface area contributed by atoms with Gasteiger partial charge in [-0.3, -0.25) is 4.79 Å². The van der Waals surface area contributed by atoms with Gasteiger partial charge in [-0.15, -0.1) is 0 Å². The molecule has 1 heterocycles. The molecule has 0 radical (unpaired) electrons. The second kappa shape index (κ2) is 6.79. The van der Waals surface area contributed by atoms with Crippen LogP contribution in [0.1, 0.15) is 25.7 Å². The van der Waals surface area contributed by atoms with Crippen LogP contribution in [0.5, 0.6) is 0 Å². The summed E-state index contributed by atoms with van der Waals surface area (Å²) in [5.41, 5.74) is 7.17. The number of hydrogen-bond donors (Lipinski definition) is 3. The van der Waals surface area contributed by atoms with Gasteiger partial charge in [-0.2, -0.15) is 0 Å². The largest absolute Gasteiger partial charge is 0.409 e. The van der Waals surface area contributed by atoms with E-state index in [4.69, 9.17) is 10.9 Å². The van der Waals surface area contributed by atoms with Gasteiger partial charge in [0, 0.05) is 24.5 Å². The van der Waals surface area contributed by atoms with Crippen molar-refractivity contribution in [1.82, 2.24) is 0 Å². The number of nitrogens with zero attached hydrogens (tertiary/aromatic N) is 2. The molecule has 1 aromatic rings. The third kappa shape index (κ3) is 3.88. The van der Waals surface area contributed by atoms with Gasteiger partial charge >= 0.3 is 0 Å². The normalized spacial score (nSPS) is 16.0. The van der Waals surface area contributed by atoms with E-state index in [0.29, 0.717) is 5.69 Å². The van der Waals surface area contributed by atoms with E-state index < -0.39 is 0 Å². The highest BCUT2D eigenvalue weighted by molar-refractivity contribution is 6.04. The summed E-state index contributed by atoms with van der Waals surface area (Å²) in [6.45, 7) is 2.18. The molecule has 20 heavy (non-hydrogen) atoms. The van der Waals surface area contributed by atoms with Crippen molar-refractivity contribution in [3.63, 3.8) is 0 Å². The molecule has 1 fully saturated rings. The maximum Gasteiger partial charge on any atom is 0.232 e. The van der Waals surface area contributed by atoms with E-state index in [-0.39, 0.29) is 18.2 Å². The second-order valence-corrected chi connectivity index (χ2v) is 4.91. The van der Waals surface area contributed by atoms with Crippen molar-refractivity contribution in [2.45, 2.75) is 25.7 Å². The minimum atomic E-state index is -0.300. The van der Waals surface area contributed by atoms with E-state index in [2.05, 4.69) is 15.4 Å². The quantitative estimate of drug-likeness (QED) is 0.338. The first-order valence-electron chi connectivity index (χ1n) is 6.80. The van der Waals surface area contributed by atoms with Gasteiger partial charge in [-0.05, 0) is 43.5 Å². The van der Waals surface area contributed by atoms with E-state index in [1.165, 1.54) is 24.9 Å². The molecule has 108 valence electrons. The molecule has 2 rings (SSSR count). The molecule has 6 heteroatoms. The zero-order valence-corrected chi connectivity index (χ0v) is 11.4. The van der Waals surface area contributed by atoms with Crippen LogP contribution in [0.3, 0.4) is 0 Å². The number of oxime groups is 1. The van der Waals surface area contributed by atoms with E-state index in [0.717, 1.165) is 13.1 Å². The van der Waals surface area contributed by atoms with Gasteiger partial charge in [-0.1, -0.05) is 5.16 Å².